The van der Waals surface area contributed by atoms with E-state index in [2.05, 4.69) is 17.2 Å². The number of thiophene rings is 1. The van der Waals surface area contributed by atoms with Crippen molar-refractivity contribution < 1.29 is 9.59 Å². The van der Waals surface area contributed by atoms with Gasteiger partial charge in [0.05, 0.1) is 17.5 Å². The van der Waals surface area contributed by atoms with E-state index in [9.17, 15) is 9.59 Å². The predicted molar refractivity (Wildman–Crippen MR) is 84.1 cm³/mol. The first-order valence-electron chi connectivity index (χ1n) is 6.75. The van der Waals surface area contributed by atoms with Gasteiger partial charge < -0.3 is 10.2 Å². The van der Waals surface area contributed by atoms with E-state index < -0.39 is 0 Å². The summed E-state index contributed by atoms with van der Waals surface area (Å²) >= 11 is 1.55. The average Bonchev–Trinajstić information content (AvgIpc) is 2.72. The minimum absolute atomic E-state index is 0.0258. The number of rotatable bonds is 3. The van der Waals surface area contributed by atoms with Gasteiger partial charge >= 0.3 is 0 Å². The zero-order valence-electron chi connectivity index (χ0n) is 12.5. The summed E-state index contributed by atoms with van der Waals surface area (Å²) in [6.07, 6.45) is 0. The Balaban J connectivity index is 1.76. The van der Waals surface area contributed by atoms with Crippen LogP contribution in [0.4, 0.5) is 5.00 Å². The third kappa shape index (κ3) is 4.31. The average molecular weight is 305 g/mol. The highest BCUT2D eigenvalue weighted by Crippen LogP contribution is 2.23. The van der Waals surface area contributed by atoms with Crippen molar-refractivity contribution >= 4 is 28.2 Å². The molecule has 2 rings (SSSR count). The highest BCUT2D eigenvalue weighted by Gasteiger charge is 2.35. The van der Waals surface area contributed by atoms with Crippen LogP contribution in [0, 0.1) is 24.7 Å². The van der Waals surface area contributed by atoms with Crippen LogP contribution in [0.1, 0.15) is 4.88 Å². The molecule has 0 radical (unpaired) electrons. The molecular weight excluding hydrogens is 286 g/mol. The summed E-state index contributed by atoms with van der Waals surface area (Å²) in [7, 11) is 3.80. The molecule has 2 heterocycles. The molecule has 0 saturated carbocycles. The minimum atomic E-state index is -0.201. The standard InChI is InChI=1S/C15H19N3O2S/c1-11-6-7-13(21-11)16-15(20)12-9-18(10-12)14(19)5-4-8-17(2)3/h6-7,12H,8-10H2,1-3H3,(H,16,20). The fourth-order valence-corrected chi connectivity index (χ4v) is 2.66. The van der Waals surface area contributed by atoms with E-state index in [1.54, 1.807) is 16.2 Å². The van der Waals surface area contributed by atoms with Gasteiger partial charge in [0.2, 0.25) is 5.91 Å². The van der Waals surface area contributed by atoms with Gasteiger partial charge in [-0.3, -0.25) is 14.5 Å². The second kappa shape index (κ2) is 6.74. The lowest BCUT2D eigenvalue weighted by atomic mass is 9.99. The lowest BCUT2D eigenvalue weighted by Crippen LogP contribution is -2.54. The number of hydrogen-bond acceptors (Lipinski definition) is 4. The molecule has 1 fully saturated rings. The van der Waals surface area contributed by atoms with Crippen LogP contribution in [-0.2, 0) is 9.59 Å². The Hall–Kier alpha value is -1.84. The fraction of sp³-hybridized carbons (Fsp3) is 0.467. The number of amides is 2. The van der Waals surface area contributed by atoms with Crippen molar-refractivity contribution in [2.24, 2.45) is 5.92 Å². The molecular formula is C15H19N3O2S. The summed E-state index contributed by atoms with van der Waals surface area (Å²) in [6, 6.07) is 3.86. The van der Waals surface area contributed by atoms with E-state index >= 15 is 0 Å². The number of aryl methyl sites for hydroxylation is 1. The molecule has 5 nitrogen and oxygen atoms in total. The molecule has 0 unspecified atom stereocenters. The van der Waals surface area contributed by atoms with Crippen molar-refractivity contribution in [3.8, 4) is 11.8 Å². The molecule has 6 heteroatoms. The van der Waals surface area contributed by atoms with Crippen LogP contribution in [0.25, 0.3) is 0 Å². The summed E-state index contributed by atoms with van der Waals surface area (Å²) in [5, 5.41) is 3.74. The van der Waals surface area contributed by atoms with Gasteiger partial charge in [-0.05, 0) is 39.1 Å². The molecule has 1 aliphatic rings. The smallest absolute Gasteiger partial charge is 0.298 e. The molecule has 1 aromatic rings. The molecule has 0 atom stereocenters. The molecule has 1 aliphatic heterocycles. The lowest BCUT2D eigenvalue weighted by Gasteiger charge is -2.36. The highest BCUT2D eigenvalue weighted by atomic mass is 32.1. The molecule has 21 heavy (non-hydrogen) atoms. The molecule has 0 bridgehead atoms. The first kappa shape index (κ1) is 15.5. The van der Waals surface area contributed by atoms with Gasteiger partial charge in [0.25, 0.3) is 5.91 Å². The van der Waals surface area contributed by atoms with Gasteiger partial charge in [-0.2, -0.15) is 0 Å². The van der Waals surface area contributed by atoms with Crippen molar-refractivity contribution in [1.29, 1.82) is 0 Å². The van der Waals surface area contributed by atoms with Gasteiger partial charge in [-0.25, -0.2) is 0 Å². The SMILES string of the molecule is Cc1ccc(NC(=O)C2CN(C(=O)C#CCN(C)C)C2)s1. The van der Waals surface area contributed by atoms with Crippen molar-refractivity contribution in [3.05, 3.63) is 17.0 Å². The normalized spacial score (nSPS) is 14.4. The first-order valence-corrected chi connectivity index (χ1v) is 7.57. The van der Waals surface area contributed by atoms with Crippen LogP contribution in [0.3, 0.4) is 0 Å². The van der Waals surface area contributed by atoms with Gasteiger partial charge in [-0.1, -0.05) is 5.92 Å². The zero-order valence-corrected chi connectivity index (χ0v) is 13.3. The third-order valence-electron chi connectivity index (χ3n) is 3.12. The van der Waals surface area contributed by atoms with Crippen LogP contribution < -0.4 is 5.32 Å². The Labute approximate surface area is 128 Å². The summed E-state index contributed by atoms with van der Waals surface area (Å²) in [5.41, 5.74) is 0. The maximum absolute atomic E-state index is 12.0. The summed E-state index contributed by atoms with van der Waals surface area (Å²) < 4.78 is 0. The van der Waals surface area contributed by atoms with E-state index in [1.165, 1.54) is 0 Å². The molecule has 1 N–H and O–H groups in total. The number of hydrogen-bond donors (Lipinski definition) is 1. The largest absolute Gasteiger partial charge is 0.330 e. The number of nitrogens with zero attached hydrogens (tertiary/aromatic N) is 2. The minimum Gasteiger partial charge on any atom is -0.330 e. The maximum Gasteiger partial charge on any atom is 0.298 e. The van der Waals surface area contributed by atoms with Gasteiger partial charge in [0.1, 0.15) is 0 Å². The number of nitrogens with one attached hydrogen (secondary N) is 1. The van der Waals surface area contributed by atoms with Gasteiger partial charge in [0, 0.05) is 18.0 Å². The number of likely N-dealkylation sites (tertiary alicyclic amines) is 1. The molecule has 0 spiro atoms. The molecule has 0 aliphatic carbocycles. The maximum atomic E-state index is 12.0. The van der Waals surface area contributed by atoms with Crippen LogP contribution in [-0.4, -0.2) is 55.3 Å². The van der Waals surface area contributed by atoms with Gasteiger partial charge in [-0.15, -0.1) is 11.3 Å². The quantitative estimate of drug-likeness (QED) is 0.848. The van der Waals surface area contributed by atoms with Crippen molar-refractivity contribution in [3.63, 3.8) is 0 Å². The highest BCUT2D eigenvalue weighted by molar-refractivity contribution is 7.16. The Morgan fingerprint density at radius 3 is 2.71 bits per heavy atom. The Morgan fingerprint density at radius 2 is 2.14 bits per heavy atom. The predicted octanol–water partition coefficient (Wildman–Crippen LogP) is 1.02. The van der Waals surface area contributed by atoms with E-state index in [0.717, 1.165) is 9.88 Å². The molecule has 112 valence electrons. The van der Waals surface area contributed by atoms with E-state index in [-0.39, 0.29) is 17.7 Å². The first-order chi connectivity index (χ1) is 9.95. The monoisotopic (exact) mass is 305 g/mol. The number of carbonyl (C=O) groups is 2. The number of anilines is 1. The zero-order chi connectivity index (χ0) is 15.4. The van der Waals surface area contributed by atoms with Crippen LogP contribution >= 0.6 is 11.3 Å². The molecule has 1 aromatic heterocycles. The molecule has 2 amide bonds. The third-order valence-corrected chi connectivity index (χ3v) is 4.03. The summed E-state index contributed by atoms with van der Waals surface area (Å²) in [5.74, 6) is 5.04. The van der Waals surface area contributed by atoms with Crippen molar-refractivity contribution in [2.45, 2.75) is 6.92 Å². The van der Waals surface area contributed by atoms with E-state index in [0.29, 0.717) is 19.6 Å². The van der Waals surface area contributed by atoms with Crippen LogP contribution in [0.15, 0.2) is 12.1 Å². The molecule has 0 aromatic carbocycles. The lowest BCUT2D eigenvalue weighted by molar-refractivity contribution is -0.136. The Kier molecular flexibility index (Phi) is 4.99. The van der Waals surface area contributed by atoms with Crippen molar-refractivity contribution in [1.82, 2.24) is 9.80 Å². The van der Waals surface area contributed by atoms with Crippen LogP contribution in [0.2, 0.25) is 0 Å². The summed E-state index contributed by atoms with van der Waals surface area (Å²) in [4.78, 5) is 28.4. The van der Waals surface area contributed by atoms with Gasteiger partial charge in [0.15, 0.2) is 0 Å². The Morgan fingerprint density at radius 1 is 1.43 bits per heavy atom. The molecule has 1 saturated heterocycles. The van der Waals surface area contributed by atoms with E-state index in [4.69, 9.17) is 0 Å². The van der Waals surface area contributed by atoms with Crippen LogP contribution in [0.5, 0.6) is 0 Å². The number of carbonyl (C=O) groups excluding carboxylic acids is 2. The second-order valence-electron chi connectivity index (χ2n) is 5.35. The summed E-state index contributed by atoms with van der Waals surface area (Å²) in [6.45, 7) is 3.45. The Bertz CT molecular complexity index is 592. The topological polar surface area (TPSA) is 52.7 Å². The van der Waals surface area contributed by atoms with E-state index in [1.807, 2.05) is 38.1 Å². The van der Waals surface area contributed by atoms with Crippen molar-refractivity contribution in [2.75, 3.05) is 39.0 Å². The second-order valence-corrected chi connectivity index (χ2v) is 6.63. The fourth-order valence-electron chi connectivity index (χ4n) is 1.89.